The quantitative estimate of drug-likeness (QED) is 0.613. The molecule has 0 aliphatic carbocycles. The van der Waals surface area contributed by atoms with Crippen molar-refractivity contribution in [2.75, 3.05) is 10.7 Å². The van der Waals surface area contributed by atoms with E-state index >= 15 is 0 Å². The van der Waals surface area contributed by atoms with E-state index in [0.717, 1.165) is 47.1 Å². The Kier molecular flexibility index (Phi) is 6.08. The standard InChI is InChI=1S/C23H27N5OS/c1-4-6-19-25-26-23-28(19)27-20(17-11-9-16(5-2)10-12-17)21(30-23)22(29)24-18-13-7-15(3)8-14-18/h7-14,20-21,27H,4-6H2,1-3H3,(H,24,29)/t20-,21+/m0/s1. The first-order valence-corrected chi connectivity index (χ1v) is 11.3. The average molecular weight is 422 g/mol. The molecule has 0 unspecified atom stereocenters. The highest BCUT2D eigenvalue weighted by Gasteiger charge is 2.37. The first-order valence-electron chi connectivity index (χ1n) is 10.4. The molecule has 0 bridgehead atoms. The number of carbonyl (C=O) groups is 1. The van der Waals surface area contributed by atoms with Crippen molar-refractivity contribution in [3.05, 3.63) is 71.0 Å². The number of anilines is 1. The molecule has 2 N–H and O–H groups in total. The maximum absolute atomic E-state index is 13.3. The summed E-state index contributed by atoms with van der Waals surface area (Å²) in [6, 6.07) is 16.1. The predicted molar refractivity (Wildman–Crippen MR) is 121 cm³/mol. The van der Waals surface area contributed by atoms with Crippen molar-refractivity contribution in [3.8, 4) is 0 Å². The van der Waals surface area contributed by atoms with Crippen LogP contribution in [0.2, 0.25) is 0 Å². The van der Waals surface area contributed by atoms with Crippen molar-refractivity contribution in [2.24, 2.45) is 0 Å². The van der Waals surface area contributed by atoms with E-state index in [2.05, 4.69) is 59.1 Å². The van der Waals surface area contributed by atoms with Gasteiger partial charge >= 0.3 is 0 Å². The van der Waals surface area contributed by atoms with Crippen LogP contribution in [0.15, 0.2) is 53.7 Å². The normalized spacial score (nSPS) is 17.8. The van der Waals surface area contributed by atoms with E-state index < -0.39 is 0 Å². The van der Waals surface area contributed by atoms with Gasteiger partial charge < -0.3 is 10.7 Å². The molecular formula is C23H27N5OS. The summed E-state index contributed by atoms with van der Waals surface area (Å²) >= 11 is 1.46. The van der Waals surface area contributed by atoms with Crippen molar-refractivity contribution in [2.45, 2.75) is 56.5 Å². The molecule has 156 valence electrons. The van der Waals surface area contributed by atoms with E-state index in [1.807, 2.05) is 35.9 Å². The third kappa shape index (κ3) is 4.21. The Bertz CT molecular complexity index is 1010. The molecule has 0 spiro atoms. The van der Waals surface area contributed by atoms with E-state index in [0.29, 0.717) is 0 Å². The summed E-state index contributed by atoms with van der Waals surface area (Å²) in [5.41, 5.74) is 7.83. The van der Waals surface area contributed by atoms with Crippen LogP contribution in [0.1, 0.15) is 48.8 Å². The number of hydrogen-bond acceptors (Lipinski definition) is 5. The van der Waals surface area contributed by atoms with Crippen molar-refractivity contribution < 1.29 is 4.79 Å². The molecule has 4 rings (SSSR count). The fourth-order valence-corrected chi connectivity index (χ4v) is 4.64. The number of carbonyl (C=O) groups excluding carboxylic acids is 1. The second-order valence-corrected chi connectivity index (χ2v) is 8.69. The first kappa shape index (κ1) is 20.5. The van der Waals surface area contributed by atoms with E-state index in [1.54, 1.807) is 0 Å². The van der Waals surface area contributed by atoms with Gasteiger partial charge in [0.1, 0.15) is 5.25 Å². The van der Waals surface area contributed by atoms with E-state index in [4.69, 9.17) is 0 Å². The third-order valence-corrected chi connectivity index (χ3v) is 6.52. The molecule has 1 amide bonds. The molecule has 2 aromatic carbocycles. The van der Waals surface area contributed by atoms with Crippen LogP contribution in [0.5, 0.6) is 0 Å². The predicted octanol–water partition coefficient (Wildman–Crippen LogP) is 4.50. The molecule has 30 heavy (non-hydrogen) atoms. The second-order valence-electron chi connectivity index (χ2n) is 7.58. The minimum atomic E-state index is -0.370. The molecule has 3 aromatic rings. The minimum Gasteiger partial charge on any atom is -0.325 e. The lowest BCUT2D eigenvalue weighted by atomic mass is 10.0. The fraction of sp³-hybridized carbons (Fsp3) is 0.348. The molecule has 7 heteroatoms. The molecule has 2 atom stereocenters. The largest absolute Gasteiger partial charge is 0.325 e. The van der Waals surface area contributed by atoms with E-state index in [9.17, 15) is 4.79 Å². The summed E-state index contributed by atoms with van der Waals surface area (Å²) in [5, 5.41) is 12.1. The van der Waals surface area contributed by atoms with Gasteiger partial charge in [0, 0.05) is 12.1 Å². The lowest BCUT2D eigenvalue weighted by Crippen LogP contribution is -2.41. The summed E-state index contributed by atoms with van der Waals surface area (Å²) < 4.78 is 1.95. The molecule has 1 aliphatic heterocycles. The third-order valence-electron chi connectivity index (χ3n) is 5.30. The van der Waals surface area contributed by atoms with Gasteiger partial charge in [-0.05, 0) is 43.0 Å². The van der Waals surface area contributed by atoms with Gasteiger partial charge in [-0.3, -0.25) is 4.79 Å². The Morgan fingerprint density at radius 2 is 1.83 bits per heavy atom. The van der Waals surface area contributed by atoms with Crippen LogP contribution in [0, 0.1) is 6.92 Å². The molecule has 1 aliphatic rings. The van der Waals surface area contributed by atoms with Crippen molar-refractivity contribution in [1.29, 1.82) is 0 Å². The highest BCUT2D eigenvalue weighted by atomic mass is 32.2. The minimum absolute atomic E-state index is 0.0489. The molecule has 2 heterocycles. The highest BCUT2D eigenvalue weighted by molar-refractivity contribution is 8.00. The van der Waals surface area contributed by atoms with Crippen LogP contribution in [0.25, 0.3) is 0 Å². The number of nitrogens with zero attached hydrogens (tertiary/aromatic N) is 3. The molecule has 6 nitrogen and oxygen atoms in total. The molecule has 0 fully saturated rings. The first-order chi connectivity index (χ1) is 14.6. The van der Waals surface area contributed by atoms with Crippen LogP contribution in [0.4, 0.5) is 5.69 Å². The van der Waals surface area contributed by atoms with Gasteiger partial charge in [-0.15, -0.1) is 10.2 Å². The number of thioether (sulfide) groups is 1. The summed E-state index contributed by atoms with van der Waals surface area (Å²) in [5.74, 6) is 0.847. The zero-order valence-corrected chi connectivity index (χ0v) is 18.4. The van der Waals surface area contributed by atoms with E-state index in [1.165, 1.54) is 17.3 Å². The van der Waals surface area contributed by atoms with Crippen molar-refractivity contribution >= 4 is 23.4 Å². The zero-order chi connectivity index (χ0) is 21.1. The van der Waals surface area contributed by atoms with Gasteiger partial charge in [-0.1, -0.05) is 67.6 Å². The van der Waals surface area contributed by atoms with Gasteiger partial charge in [0.25, 0.3) is 0 Å². The number of nitrogens with one attached hydrogen (secondary N) is 2. The number of fused-ring (bicyclic) bond motifs is 1. The Morgan fingerprint density at radius 1 is 1.10 bits per heavy atom. The number of hydrogen-bond donors (Lipinski definition) is 2. The maximum Gasteiger partial charge on any atom is 0.240 e. The molecule has 1 aromatic heterocycles. The Balaban J connectivity index is 1.65. The summed E-state index contributed by atoms with van der Waals surface area (Å²) in [6.07, 6.45) is 2.81. The zero-order valence-electron chi connectivity index (χ0n) is 17.6. The second kappa shape index (κ2) is 8.92. The number of benzene rings is 2. The van der Waals surface area contributed by atoms with Gasteiger partial charge in [0.05, 0.1) is 6.04 Å². The molecular weight excluding hydrogens is 394 g/mol. The van der Waals surface area contributed by atoms with Gasteiger partial charge in [0.2, 0.25) is 11.1 Å². The number of rotatable bonds is 6. The maximum atomic E-state index is 13.3. The number of aromatic nitrogens is 3. The highest BCUT2D eigenvalue weighted by Crippen LogP contribution is 2.37. The van der Waals surface area contributed by atoms with Crippen LogP contribution in [-0.2, 0) is 17.6 Å². The Hall–Kier alpha value is -2.80. The SMILES string of the molecule is CCCc1nnc2n1N[C@@H](c1ccc(CC)cc1)[C@H](C(=O)Nc1ccc(C)cc1)S2. The fourth-order valence-electron chi connectivity index (χ4n) is 3.55. The van der Waals surface area contributed by atoms with E-state index in [-0.39, 0.29) is 17.2 Å². The summed E-state index contributed by atoms with van der Waals surface area (Å²) in [6.45, 7) is 6.29. The van der Waals surface area contributed by atoms with Crippen LogP contribution in [-0.4, -0.2) is 26.0 Å². The van der Waals surface area contributed by atoms with Crippen LogP contribution in [0.3, 0.4) is 0 Å². The lowest BCUT2D eigenvalue weighted by molar-refractivity contribution is -0.116. The summed E-state index contributed by atoms with van der Waals surface area (Å²) in [4.78, 5) is 13.3. The topological polar surface area (TPSA) is 71.8 Å². The number of amides is 1. The average Bonchev–Trinajstić information content (AvgIpc) is 3.16. The van der Waals surface area contributed by atoms with Gasteiger partial charge in [-0.2, -0.15) is 0 Å². The Labute approximate surface area is 181 Å². The molecule has 0 saturated heterocycles. The molecule has 0 radical (unpaired) electrons. The Morgan fingerprint density at radius 3 is 2.50 bits per heavy atom. The molecule has 0 saturated carbocycles. The van der Waals surface area contributed by atoms with Crippen LogP contribution >= 0.6 is 11.8 Å². The van der Waals surface area contributed by atoms with Gasteiger partial charge in [-0.25, -0.2) is 4.68 Å². The van der Waals surface area contributed by atoms with Gasteiger partial charge in [0.15, 0.2) is 5.82 Å². The van der Waals surface area contributed by atoms with Crippen molar-refractivity contribution in [3.63, 3.8) is 0 Å². The number of aryl methyl sites for hydroxylation is 3. The monoisotopic (exact) mass is 421 g/mol. The van der Waals surface area contributed by atoms with Crippen LogP contribution < -0.4 is 10.7 Å². The van der Waals surface area contributed by atoms with Crippen molar-refractivity contribution in [1.82, 2.24) is 14.9 Å². The summed E-state index contributed by atoms with van der Waals surface area (Å²) in [7, 11) is 0. The lowest BCUT2D eigenvalue weighted by Gasteiger charge is -2.33. The smallest absolute Gasteiger partial charge is 0.240 e.